The summed E-state index contributed by atoms with van der Waals surface area (Å²) < 4.78 is 96.6. The number of fused-ring (bicyclic) bond motifs is 10. The maximum absolute atomic E-state index is 9.43. The van der Waals surface area contributed by atoms with E-state index in [4.69, 9.17) is 20.7 Å². The Morgan fingerprint density at radius 3 is 1.55 bits per heavy atom. The number of hydrogen-bond acceptors (Lipinski definition) is 5. The second-order valence-corrected chi connectivity index (χ2v) is 31.4. The summed E-state index contributed by atoms with van der Waals surface area (Å²) in [6.45, 7) is 26.8. The van der Waals surface area contributed by atoms with Crippen LogP contribution in [0.2, 0.25) is 0 Å². The third kappa shape index (κ3) is 9.64. The lowest BCUT2D eigenvalue weighted by molar-refractivity contribution is 0.483. The lowest BCUT2D eigenvalue weighted by atomic mass is 9.82. The van der Waals surface area contributed by atoms with E-state index in [1.54, 1.807) is 12.1 Å². The molecule has 88 heavy (non-hydrogen) atoms. The van der Waals surface area contributed by atoms with Gasteiger partial charge in [0.15, 0.2) is 8.07 Å². The molecule has 0 atom stereocenters. The van der Waals surface area contributed by atoms with Crippen molar-refractivity contribution in [3.8, 4) is 56.0 Å². The van der Waals surface area contributed by atoms with Crippen LogP contribution in [0.5, 0.6) is 11.5 Å². The van der Waals surface area contributed by atoms with Crippen LogP contribution in [0, 0.1) is 0 Å². The molecular weight excluding hydrogens is 1090 g/mol. The second kappa shape index (κ2) is 21.0. The van der Waals surface area contributed by atoms with Crippen LogP contribution >= 0.6 is 0 Å². The maximum atomic E-state index is 9.43. The van der Waals surface area contributed by atoms with Gasteiger partial charge >= 0.3 is 0 Å². The topological polar surface area (TPSA) is 31.8 Å². The van der Waals surface area contributed by atoms with Gasteiger partial charge in [0.1, 0.15) is 24.0 Å². The molecule has 11 aromatic rings. The summed E-state index contributed by atoms with van der Waals surface area (Å²) in [7, 11) is -3.13. The average Bonchev–Trinajstić information content (AvgIpc) is 1.46. The van der Waals surface area contributed by atoms with Crippen LogP contribution in [-0.2, 0) is 21.7 Å². The first-order valence-corrected chi connectivity index (χ1v) is 32.5. The SMILES string of the molecule is [2H]c1c([2H])c([2H])c(-c2cc(-c3cccc(-c4c([2H])c([2H])c([2H])c([2H])c4[2H])c3N3CN(c4cccc(Oc5ccc6c(c5)N(c5cc(C(C)(C)C)ccn5)c5ccccc5[Si]65c6ccc(C(C)(C)C)cc6-c6cc(C(C)(C)C)ccc65)c4)c4ccccc43)cc(C(C)(C)C)c2)c([2H])c1[2H]. The standard InChI is InChI=1S/C82H78N4OSi/c1-79(2,3)58-37-40-73-67(48-58)68-49-59(80(4,5)6)38-41-74(68)88(73)75-36-22-21-35-71(75)86(77-50-60(43-44-83-77)81(7,8)9)72-52-64(39-42-76(72)88)87-63-30-23-29-62(51-63)84-53-85(70-34-20-19-33-69(70)84)78-65(55-27-17-14-18-28-55)31-24-32-66(78)57-45-56(54-25-15-13-16-26-54)46-61(47-57)82(10,11)12/h13-52H,53H2,1-12H3/i13D,14D,15D,16D,17D,18D,25D,26D,27D,28D. The summed E-state index contributed by atoms with van der Waals surface area (Å²) in [4.78, 5) is 11.8. The zero-order valence-corrected chi connectivity index (χ0v) is 53.2. The third-order valence-corrected chi connectivity index (χ3v) is 22.9. The number of nitrogens with zero attached hydrogens (tertiary/aromatic N) is 4. The van der Waals surface area contributed by atoms with Gasteiger partial charge in [0, 0.05) is 40.8 Å². The van der Waals surface area contributed by atoms with Gasteiger partial charge < -0.3 is 14.5 Å². The summed E-state index contributed by atoms with van der Waals surface area (Å²) in [5, 5.41) is 5.25. The summed E-state index contributed by atoms with van der Waals surface area (Å²) in [6.07, 6.45) is 1.93. The van der Waals surface area contributed by atoms with Gasteiger partial charge in [-0.25, -0.2) is 4.98 Å². The van der Waals surface area contributed by atoms with Crippen molar-refractivity contribution in [3.05, 3.63) is 265 Å². The van der Waals surface area contributed by atoms with Crippen LogP contribution in [-0.4, -0.2) is 19.7 Å². The molecule has 10 aromatic carbocycles. The first-order valence-electron chi connectivity index (χ1n) is 35.5. The number of ether oxygens (including phenoxy) is 1. The molecule has 0 radical (unpaired) electrons. The van der Waals surface area contributed by atoms with E-state index in [9.17, 15) is 2.74 Å². The minimum Gasteiger partial charge on any atom is -0.457 e. The highest BCUT2D eigenvalue weighted by molar-refractivity contribution is 7.23. The third-order valence-electron chi connectivity index (χ3n) is 18.0. The van der Waals surface area contributed by atoms with Crippen molar-refractivity contribution in [3.63, 3.8) is 0 Å². The van der Waals surface area contributed by atoms with Crippen molar-refractivity contribution >= 4 is 68.8 Å². The van der Waals surface area contributed by atoms with E-state index in [0.717, 1.165) is 45.4 Å². The smallest absolute Gasteiger partial charge is 0.185 e. The van der Waals surface area contributed by atoms with Crippen molar-refractivity contribution < 1.29 is 18.4 Å². The quantitative estimate of drug-likeness (QED) is 0.142. The minimum absolute atomic E-state index is 0.0149. The fraction of sp³-hybridized carbons (Fsp3) is 0.207. The monoisotopic (exact) mass is 1170 g/mol. The lowest BCUT2D eigenvalue weighted by Crippen LogP contribution is -2.75. The summed E-state index contributed by atoms with van der Waals surface area (Å²) in [6, 6.07) is 57.4. The average molecular weight is 1170 g/mol. The number of hydrogen-bond donors (Lipinski definition) is 0. The molecule has 5 nitrogen and oxygen atoms in total. The molecule has 14 rings (SSSR count). The zero-order valence-electron chi connectivity index (χ0n) is 62.2. The molecule has 0 fully saturated rings. The molecule has 4 heterocycles. The van der Waals surface area contributed by atoms with Crippen molar-refractivity contribution in [2.45, 2.75) is 105 Å². The van der Waals surface area contributed by atoms with Crippen LogP contribution < -0.4 is 40.2 Å². The van der Waals surface area contributed by atoms with E-state index in [1.165, 1.54) is 43.0 Å². The molecule has 0 saturated heterocycles. The Morgan fingerprint density at radius 1 is 0.386 bits per heavy atom. The fourth-order valence-electron chi connectivity index (χ4n) is 13.3. The van der Waals surface area contributed by atoms with Gasteiger partial charge in [0.05, 0.1) is 36.5 Å². The highest BCUT2D eigenvalue weighted by atomic mass is 28.3. The molecule has 1 aromatic heterocycles. The van der Waals surface area contributed by atoms with E-state index in [-0.39, 0.29) is 58.2 Å². The zero-order chi connectivity index (χ0) is 69.8. The second-order valence-electron chi connectivity index (χ2n) is 27.8. The molecule has 6 heteroatoms. The van der Waals surface area contributed by atoms with Crippen LogP contribution in [0.4, 0.5) is 39.9 Å². The van der Waals surface area contributed by atoms with Crippen LogP contribution in [0.15, 0.2) is 243 Å². The van der Waals surface area contributed by atoms with Gasteiger partial charge in [-0.15, -0.1) is 0 Å². The van der Waals surface area contributed by atoms with E-state index in [2.05, 4.69) is 168 Å². The first-order chi connectivity index (χ1) is 46.3. The normalized spacial score (nSPS) is 15.7. The van der Waals surface area contributed by atoms with Gasteiger partial charge in [-0.1, -0.05) is 253 Å². The van der Waals surface area contributed by atoms with Crippen molar-refractivity contribution in [1.29, 1.82) is 0 Å². The molecule has 0 unspecified atom stereocenters. The van der Waals surface area contributed by atoms with E-state index in [0.29, 0.717) is 39.4 Å². The van der Waals surface area contributed by atoms with Crippen molar-refractivity contribution in [2.24, 2.45) is 0 Å². The molecule has 3 aliphatic heterocycles. The molecular formula is C82H78N4OSi. The Hall–Kier alpha value is -9.23. The minimum atomic E-state index is -3.13. The van der Waals surface area contributed by atoms with Crippen molar-refractivity contribution in [2.75, 3.05) is 21.4 Å². The van der Waals surface area contributed by atoms with Gasteiger partial charge in [0.2, 0.25) is 0 Å². The Labute approximate surface area is 536 Å². The Bertz CT molecular complexity index is 5030. The van der Waals surface area contributed by atoms with Gasteiger partial charge in [-0.2, -0.15) is 0 Å². The Morgan fingerprint density at radius 2 is 0.909 bits per heavy atom. The molecule has 0 bridgehead atoms. The van der Waals surface area contributed by atoms with Crippen LogP contribution in [0.3, 0.4) is 0 Å². The molecule has 436 valence electrons. The van der Waals surface area contributed by atoms with Crippen LogP contribution in [0.25, 0.3) is 44.5 Å². The molecule has 0 aliphatic carbocycles. The number of para-hydroxylation sites is 4. The highest BCUT2D eigenvalue weighted by Crippen LogP contribution is 2.52. The predicted molar refractivity (Wildman–Crippen MR) is 375 cm³/mol. The summed E-state index contributed by atoms with van der Waals surface area (Å²) in [5.74, 6) is 2.03. The molecule has 0 saturated carbocycles. The number of aromatic nitrogens is 1. The lowest BCUT2D eigenvalue weighted by Gasteiger charge is -2.43. The van der Waals surface area contributed by atoms with E-state index >= 15 is 0 Å². The predicted octanol–water partition coefficient (Wildman–Crippen LogP) is 19.5. The van der Waals surface area contributed by atoms with Gasteiger partial charge in [-0.3, -0.25) is 4.90 Å². The first kappa shape index (κ1) is 46.0. The molecule has 0 N–H and O–H groups in total. The Balaban J connectivity index is 0.927. The van der Waals surface area contributed by atoms with Crippen LogP contribution in [0.1, 0.15) is 119 Å². The molecule has 0 amide bonds. The van der Waals surface area contributed by atoms with Gasteiger partial charge in [0.25, 0.3) is 0 Å². The summed E-state index contributed by atoms with van der Waals surface area (Å²) >= 11 is 0. The fourth-order valence-corrected chi connectivity index (χ4v) is 18.8. The number of benzene rings is 10. The number of rotatable bonds is 8. The molecule has 3 aliphatic rings. The van der Waals surface area contributed by atoms with E-state index in [1.807, 2.05) is 99.8 Å². The number of pyridine rings is 1. The van der Waals surface area contributed by atoms with Gasteiger partial charge in [-0.05, 0) is 153 Å². The summed E-state index contributed by atoms with van der Waals surface area (Å²) in [5.41, 5.74) is 13.4. The highest BCUT2D eigenvalue weighted by Gasteiger charge is 2.55. The largest absolute Gasteiger partial charge is 0.457 e. The number of anilines is 7. The Kier molecular flexibility index (Phi) is 11.0. The maximum Gasteiger partial charge on any atom is 0.185 e. The van der Waals surface area contributed by atoms with Crippen molar-refractivity contribution in [1.82, 2.24) is 4.98 Å². The van der Waals surface area contributed by atoms with E-state index < -0.39 is 49.7 Å². The molecule has 1 spiro atoms.